The van der Waals surface area contributed by atoms with Crippen LogP contribution in [-0.4, -0.2) is 50.8 Å². The van der Waals surface area contributed by atoms with Gasteiger partial charge in [-0.05, 0) is 43.9 Å². The number of aromatic nitrogens is 2. The van der Waals surface area contributed by atoms with Crippen molar-refractivity contribution in [1.82, 2.24) is 14.5 Å². The molecular weight excluding hydrogens is 330 g/mol. The van der Waals surface area contributed by atoms with Crippen LogP contribution >= 0.6 is 0 Å². The quantitative estimate of drug-likeness (QED) is 0.826. The molecule has 1 aliphatic rings. The van der Waals surface area contributed by atoms with Gasteiger partial charge in [0.1, 0.15) is 18.0 Å². The number of rotatable bonds is 7. The van der Waals surface area contributed by atoms with Crippen LogP contribution in [0.3, 0.4) is 0 Å². The summed E-state index contributed by atoms with van der Waals surface area (Å²) in [5, 5.41) is 10.9. The Hall–Kier alpha value is -2.34. The molecule has 26 heavy (non-hydrogen) atoms. The third-order valence-electron chi connectivity index (χ3n) is 4.77. The highest BCUT2D eigenvalue weighted by Gasteiger charge is 2.35. The standard InChI is InChI=1S/C20H27N3O3/c1-17-5-2-6-18(13-17)26-15-20(25)8-4-11-23(14-20)19(24)7-3-10-22-12-9-21-16-22/h2,5-6,9,12-13,16,25H,3-4,7-8,10-11,14-15H2,1H3/t20-/m0/s1. The molecule has 1 saturated heterocycles. The predicted molar refractivity (Wildman–Crippen MR) is 98.9 cm³/mol. The molecule has 1 aliphatic heterocycles. The molecule has 2 heterocycles. The van der Waals surface area contributed by atoms with Gasteiger partial charge in [0.05, 0.1) is 12.9 Å². The van der Waals surface area contributed by atoms with Gasteiger partial charge in [-0.1, -0.05) is 12.1 Å². The van der Waals surface area contributed by atoms with Gasteiger partial charge in [0.25, 0.3) is 0 Å². The van der Waals surface area contributed by atoms with Crippen LogP contribution in [0.4, 0.5) is 0 Å². The van der Waals surface area contributed by atoms with Crippen molar-refractivity contribution >= 4 is 5.91 Å². The van der Waals surface area contributed by atoms with E-state index in [1.54, 1.807) is 17.4 Å². The molecule has 0 saturated carbocycles. The van der Waals surface area contributed by atoms with Gasteiger partial charge < -0.3 is 19.3 Å². The number of likely N-dealkylation sites (tertiary alicyclic amines) is 1. The molecule has 6 heteroatoms. The Morgan fingerprint density at radius 2 is 2.31 bits per heavy atom. The number of aryl methyl sites for hydroxylation is 2. The summed E-state index contributed by atoms with van der Waals surface area (Å²) in [6.45, 7) is 4.03. The van der Waals surface area contributed by atoms with Crippen molar-refractivity contribution in [3.05, 3.63) is 48.5 Å². The van der Waals surface area contributed by atoms with Crippen molar-refractivity contribution in [2.75, 3.05) is 19.7 Å². The number of aliphatic hydroxyl groups is 1. The van der Waals surface area contributed by atoms with Crippen molar-refractivity contribution in [2.45, 2.75) is 44.8 Å². The number of carbonyl (C=O) groups excluding carboxylic acids is 1. The molecule has 2 aromatic rings. The van der Waals surface area contributed by atoms with E-state index in [2.05, 4.69) is 4.98 Å². The van der Waals surface area contributed by atoms with Crippen LogP contribution in [0.2, 0.25) is 0 Å². The fourth-order valence-electron chi connectivity index (χ4n) is 3.36. The number of hydrogen-bond donors (Lipinski definition) is 1. The first kappa shape index (κ1) is 18.5. The average molecular weight is 357 g/mol. The maximum Gasteiger partial charge on any atom is 0.222 e. The maximum atomic E-state index is 12.5. The minimum atomic E-state index is -0.984. The fourth-order valence-corrected chi connectivity index (χ4v) is 3.36. The number of imidazole rings is 1. The molecule has 1 fully saturated rings. The minimum Gasteiger partial charge on any atom is -0.491 e. The third kappa shape index (κ3) is 5.08. The van der Waals surface area contributed by atoms with Gasteiger partial charge in [-0.2, -0.15) is 0 Å². The molecule has 0 spiro atoms. The Bertz CT molecular complexity index is 717. The first-order valence-corrected chi connectivity index (χ1v) is 9.19. The summed E-state index contributed by atoms with van der Waals surface area (Å²) in [6.07, 6.45) is 8.08. The van der Waals surface area contributed by atoms with Crippen LogP contribution < -0.4 is 4.74 Å². The lowest BCUT2D eigenvalue weighted by atomic mass is 9.93. The van der Waals surface area contributed by atoms with Crippen LogP contribution in [0.1, 0.15) is 31.2 Å². The molecule has 6 nitrogen and oxygen atoms in total. The van der Waals surface area contributed by atoms with Crippen molar-refractivity contribution in [3.8, 4) is 5.75 Å². The second kappa shape index (κ2) is 8.36. The number of ether oxygens (including phenoxy) is 1. The first-order chi connectivity index (χ1) is 12.5. The summed E-state index contributed by atoms with van der Waals surface area (Å²) in [7, 11) is 0. The SMILES string of the molecule is Cc1cccc(OC[C@]2(O)CCCN(C(=O)CCCn3ccnc3)C2)c1. The lowest BCUT2D eigenvalue weighted by Crippen LogP contribution is -2.53. The van der Waals surface area contributed by atoms with Gasteiger partial charge in [0.2, 0.25) is 5.91 Å². The summed E-state index contributed by atoms with van der Waals surface area (Å²) in [6, 6.07) is 7.78. The molecule has 0 aliphatic carbocycles. The fraction of sp³-hybridized carbons (Fsp3) is 0.500. The van der Waals surface area contributed by atoms with Crippen LogP contribution in [0, 0.1) is 6.92 Å². The topological polar surface area (TPSA) is 67.6 Å². The maximum absolute atomic E-state index is 12.5. The molecule has 1 aromatic heterocycles. The highest BCUT2D eigenvalue weighted by atomic mass is 16.5. The zero-order valence-electron chi connectivity index (χ0n) is 15.3. The number of nitrogens with zero attached hydrogens (tertiary/aromatic N) is 3. The van der Waals surface area contributed by atoms with Crippen molar-refractivity contribution < 1.29 is 14.6 Å². The van der Waals surface area contributed by atoms with Crippen LogP contribution in [-0.2, 0) is 11.3 Å². The van der Waals surface area contributed by atoms with Gasteiger partial charge >= 0.3 is 0 Å². The number of benzene rings is 1. The van der Waals surface area contributed by atoms with Gasteiger partial charge in [-0.3, -0.25) is 4.79 Å². The van der Waals surface area contributed by atoms with Gasteiger partial charge in [0.15, 0.2) is 0 Å². The normalized spacial score (nSPS) is 20.2. The summed E-state index contributed by atoms with van der Waals surface area (Å²) in [4.78, 5) is 18.3. The summed E-state index contributed by atoms with van der Waals surface area (Å²) in [5.74, 6) is 0.848. The zero-order chi connectivity index (χ0) is 18.4. The number of hydrogen-bond acceptors (Lipinski definition) is 4. The first-order valence-electron chi connectivity index (χ1n) is 9.19. The second-order valence-corrected chi connectivity index (χ2v) is 7.15. The molecule has 0 bridgehead atoms. The van der Waals surface area contributed by atoms with E-state index < -0.39 is 5.60 Å². The number of amides is 1. The zero-order valence-corrected chi connectivity index (χ0v) is 15.3. The molecule has 140 valence electrons. The molecule has 1 N–H and O–H groups in total. The van der Waals surface area contributed by atoms with Crippen LogP contribution in [0.15, 0.2) is 43.0 Å². The number of β-amino-alcohol motifs (C(OH)–C–C–N with tert-alkyl or cyclic N) is 1. The van der Waals surface area contributed by atoms with E-state index >= 15 is 0 Å². The van der Waals surface area contributed by atoms with Gasteiger partial charge in [-0.25, -0.2) is 4.98 Å². The molecular formula is C20H27N3O3. The van der Waals surface area contributed by atoms with Gasteiger partial charge in [0, 0.05) is 31.9 Å². The summed E-state index contributed by atoms with van der Waals surface area (Å²) in [5.41, 5.74) is 0.134. The molecule has 3 rings (SSSR count). The number of carbonyl (C=O) groups is 1. The Labute approximate surface area is 154 Å². The largest absolute Gasteiger partial charge is 0.491 e. The van der Waals surface area contributed by atoms with E-state index in [9.17, 15) is 9.90 Å². The van der Waals surface area contributed by atoms with E-state index in [0.717, 1.165) is 30.7 Å². The average Bonchev–Trinajstić information content (AvgIpc) is 3.14. The van der Waals surface area contributed by atoms with Crippen molar-refractivity contribution in [2.24, 2.45) is 0 Å². The summed E-state index contributed by atoms with van der Waals surface area (Å²) < 4.78 is 7.76. The van der Waals surface area contributed by atoms with Crippen LogP contribution in [0.25, 0.3) is 0 Å². The molecule has 0 unspecified atom stereocenters. The molecule has 1 atom stereocenters. The lowest BCUT2D eigenvalue weighted by Gasteiger charge is -2.39. The monoisotopic (exact) mass is 357 g/mol. The van der Waals surface area contributed by atoms with Crippen molar-refractivity contribution in [1.29, 1.82) is 0 Å². The Kier molecular flexibility index (Phi) is 5.93. The smallest absolute Gasteiger partial charge is 0.222 e. The highest BCUT2D eigenvalue weighted by molar-refractivity contribution is 5.76. The van der Waals surface area contributed by atoms with Crippen LogP contribution in [0.5, 0.6) is 5.75 Å². The summed E-state index contributed by atoms with van der Waals surface area (Å²) >= 11 is 0. The van der Waals surface area contributed by atoms with E-state index in [-0.39, 0.29) is 12.5 Å². The second-order valence-electron chi connectivity index (χ2n) is 7.15. The van der Waals surface area contributed by atoms with E-state index in [4.69, 9.17) is 4.74 Å². The van der Waals surface area contributed by atoms with E-state index in [1.165, 1.54) is 0 Å². The Morgan fingerprint density at radius 3 is 3.08 bits per heavy atom. The van der Waals surface area contributed by atoms with Crippen molar-refractivity contribution in [3.63, 3.8) is 0 Å². The predicted octanol–water partition coefficient (Wildman–Crippen LogP) is 2.40. The minimum absolute atomic E-state index is 0.0961. The molecule has 1 aromatic carbocycles. The third-order valence-corrected chi connectivity index (χ3v) is 4.77. The highest BCUT2D eigenvalue weighted by Crippen LogP contribution is 2.24. The molecule has 1 amide bonds. The van der Waals surface area contributed by atoms with E-state index in [0.29, 0.717) is 25.9 Å². The van der Waals surface area contributed by atoms with E-state index in [1.807, 2.05) is 42.0 Å². The lowest BCUT2D eigenvalue weighted by molar-refractivity contribution is -0.140. The Balaban J connectivity index is 1.48. The number of piperidine rings is 1. The van der Waals surface area contributed by atoms with Gasteiger partial charge in [-0.15, -0.1) is 0 Å². The Morgan fingerprint density at radius 1 is 1.42 bits per heavy atom. The molecule has 0 radical (unpaired) electrons.